The first kappa shape index (κ1) is 26.6. The first-order chi connectivity index (χ1) is 20.0. The topological polar surface area (TPSA) is 74.3 Å². The lowest BCUT2D eigenvalue weighted by Gasteiger charge is -2.49. The van der Waals surface area contributed by atoms with Gasteiger partial charge in [0.1, 0.15) is 19.0 Å². The van der Waals surface area contributed by atoms with Gasteiger partial charge < -0.3 is 29.1 Å². The molecular formula is C32H42N6O3. The van der Waals surface area contributed by atoms with Crippen LogP contribution >= 0.6 is 0 Å². The average Bonchev–Trinajstić information content (AvgIpc) is 3.42. The van der Waals surface area contributed by atoms with Crippen molar-refractivity contribution in [3.8, 4) is 11.6 Å². The minimum atomic E-state index is -0.0151. The lowest BCUT2D eigenvalue weighted by molar-refractivity contribution is -0.129. The largest absolute Gasteiger partial charge is 0.484 e. The molecule has 3 atom stereocenters. The molecule has 0 bridgehead atoms. The van der Waals surface area contributed by atoms with Crippen LogP contribution in [0.1, 0.15) is 55.0 Å². The van der Waals surface area contributed by atoms with E-state index in [-0.39, 0.29) is 18.0 Å². The zero-order valence-corrected chi connectivity index (χ0v) is 24.5. The van der Waals surface area contributed by atoms with Gasteiger partial charge in [-0.25, -0.2) is 9.97 Å². The standard InChI is InChI=1S/C32H42N6O3/c1-4-28(39)37-17-24-20-40-30-29(38(24)16-21(37)2)26-12-15-36(31-25-10-6-5-8-22(25)11-13-33-31)18-27(26)34-32(30)41-19-23-9-7-14-35(23)3/h4,11,13,21,23-24H,1,5-10,12,14-20H2,2-3H3/t21-,23+,24-/m1/s1. The van der Waals surface area contributed by atoms with Crippen molar-refractivity contribution >= 4 is 17.4 Å². The predicted octanol–water partition coefficient (Wildman–Crippen LogP) is 3.38. The van der Waals surface area contributed by atoms with Crippen LogP contribution < -0.4 is 19.3 Å². The summed E-state index contributed by atoms with van der Waals surface area (Å²) in [6, 6.07) is 2.75. The Balaban J connectivity index is 1.25. The molecule has 2 aromatic heterocycles. The summed E-state index contributed by atoms with van der Waals surface area (Å²) in [4.78, 5) is 31.9. The van der Waals surface area contributed by atoms with Gasteiger partial charge in [0.2, 0.25) is 11.7 Å². The molecule has 4 aliphatic heterocycles. The Labute approximate surface area is 243 Å². The molecule has 0 N–H and O–H groups in total. The molecule has 218 valence electrons. The number of piperazine rings is 1. The zero-order chi connectivity index (χ0) is 28.1. The van der Waals surface area contributed by atoms with Crippen LogP contribution in [0.5, 0.6) is 11.6 Å². The normalized spacial score (nSPS) is 25.5. The summed E-state index contributed by atoms with van der Waals surface area (Å²) in [6.45, 7) is 11.0. The van der Waals surface area contributed by atoms with E-state index in [2.05, 4.69) is 41.3 Å². The Kier molecular flexibility index (Phi) is 7.01. The van der Waals surface area contributed by atoms with Crippen molar-refractivity contribution in [1.29, 1.82) is 0 Å². The summed E-state index contributed by atoms with van der Waals surface area (Å²) in [7, 11) is 2.18. The van der Waals surface area contributed by atoms with Crippen molar-refractivity contribution in [3.05, 3.63) is 47.3 Å². The van der Waals surface area contributed by atoms with E-state index in [9.17, 15) is 4.79 Å². The molecule has 2 fully saturated rings. The molecule has 9 nitrogen and oxygen atoms in total. The van der Waals surface area contributed by atoms with E-state index in [0.29, 0.717) is 38.2 Å². The number of carbonyl (C=O) groups excluding carboxylic acids is 1. The van der Waals surface area contributed by atoms with Crippen molar-refractivity contribution in [1.82, 2.24) is 19.8 Å². The highest BCUT2D eigenvalue weighted by Gasteiger charge is 2.42. The highest BCUT2D eigenvalue weighted by Crippen LogP contribution is 2.47. The minimum Gasteiger partial charge on any atom is -0.484 e. The van der Waals surface area contributed by atoms with E-state index in [1.165, 1.54) is 42.0 Å². The summed E-state index contributed by atoms with van der Waals surface area (Å²) in [5.74, 6) is 2.50. The molecule has 7 rings (SSSR count). The molecule has 2 saturated heterocycles. The van der Waals surface area contributed by atoms with Crippen LogP contribution in [0.25, 0.3) is 0 Å². The molecule has 1 aliphatic carbocycles. The van der Waals surface area contributed by atoms with Gasteiger partial charge in [0.15, 0.2) is 0 Å². The maximum Gasteiger partial charge on any atom is 0.259 e. The van der Waals surface area contributed by atoms with E-state index >= 15 is 0 Å². The highest BCUT2D eigenvalue weighted by molar-refractivity contribution is 5.87. The Morgan fingerprint density at radius 3 is 2.88 bits per heavy atom. The molecule has 9 heteroatoms. The molecule has 0 spiro atoms. The van der Waals surface area contributed by atoms with Gasteiger partial charge in [-0.15, -0.1) is 0 Å². The fourth-order valence-electron chi connectivity index (χ4n) is 7.57. The van der Waals surface area contributed by atoms with Gasteiger partial charge >= 0.3 is 0 Å². The average molecular weight is 559 g/mol. The Morgan fingerprint density at radius 2 is 2.05 bits per heavy atom. The van der Waals surface area contributed by atoms with E-state index in [0.717, 1.165) is 68.3 Å². The summed E-state index contributed by atoms with van der Waals surface area (Å²) in [5.41, 5.74) is 6.31. The van der Waals surface area contributed by atoms with Crippen molar-refractivity contribution < 1.29 is 14.3 Å². The van der Waals surface area contributed by atoms with Gasteiger partial charge in [-0.3, -0.25) is 4.79 Å². The number of rotatable bonds is 5. The van der Waals surface area contributed by atoms with Gasteiger partial charge in [0.05, 0.1) is 24.0 Å². The second-order valence-electron chi connectivity index (χ2n) is 12.4. The molecular weight excluding hydrogens is 516 g/mol. The summed E-state index contributed by atoms with van der Waals surface area (Å²) < 4.78 is 13.0. The number of hydrogen-bond donors (Lipinski definition) is 0. The number of fused-ring (bicyclic) bond motifs is 6. The predicted molar refractivity (Wildman–Crippen MR) is 159 cm³/mol. The molecule has 0 saturated carbocycles. The smallest absolute Gasteiger partial charge is 0.259 e. The minimum absolute atomic E-state index is 0.0151. The maximum atomic E-state index is 12.6. The lowest BCUT2D eigenvalue weighted by atomic mass is 9.91. The fraction of sp³-hybridized carbons (Fsp3) is 0.594. The quantitative estimate of drug-likeness (QED) is 0.518. The van der Waals surface area contributed by atoms with E-state index in [1.807, 2.05) is 11.1 Å². The van der Waals surface area contributed by atoms with Crippen LogP contribution in [0.15, 0.2) is 24.9 Å². The summed E-state index contributed by atoms with van der Waals surface area (Å²) in [5, 5.41) is 0. The van der Waals surface area contributed by atoms with Crippen LogP contribution in [-0.2, 0) is 30.6 Å². The lowest BCUT2D eigenvalue weighted by Crippen LogP contribution is -2.62. The van der Waals surface area contributed by atoms with Crippen molar-refractivity contribution in [2.24, 2.45) is 0 Å². The number of pyridine rings is 2. The van der Waals surface area contributed by atoms with Crippen LogP contribution in [-0.4, -0.2) is 90.2 Å². The van der Waals surface area contributed by atoms with Crippen LogP contribution in [0.4, 0.5) is 11.5 Å². The summed E-state index contributed by atoms with van der Waals surface area (Å²) >= 11 is 0. The van der Waals surface area contributed by atoms with Crippen LogP contribution in [0.2, 0.25) is 0 Å². The molecule has 5 aliphatic rings. The number of ether oxygens (including phenoxy) is 2. The van der Waals surface area contributed by atoms with Crippen molar-refractivity contribution in [3.63, 3.8) is 0 Å². The first-order valence-corrected chi connectivity index (χ1v) is 15.4. The monoisotopic (exact) mass is 558 g/mol. The van der Waals surface area contributed by atoms with Crippen molar-refractivity contribution in [2.45, 2.75) is 76.5 Å². The Hall–Kier alpha value is -3.33. The first-order valence-electron chi connectivity index (χ1n) is 15.4. The zero-order valence-electron chi connectivity index (χ0n) is 24.5. The van der Waals surface area contributed by atoms with Crippen LogP contribution in [0.3, 0.4) is 0 Å². The molecule has 0 aromatic carbocycles. The number of anilines is 2. The Morgan fingerprint density at radius 1 is 1.17 bits per heavy atom. The number of likely N-dealkylation sites (tertiary alicyclic amines) is 1. The highest BCUT2D eigenvalue weighted by atomic mass is 16.5. The second kappa shape index (κ2) is 10.8. The molecule has 41 heavy (non-hydrogen) atoms. The molecule has 6 heterocycles. The SMILES string of the molecule is C=CC(=O)N1C[C@@H]2COc3c(OC[C@@H]4CCCN4C)nc4c(c3N2C[C@H]1C)CCN(c1nccc2c1CCCC2)C4. The van der Waals surface area contributed by atoms with Gasteiger partial charge in [0.25, 0.3) is 5.88 Å². The molecule has 0 radical (unpaired) electrons. The molecule has 1 amide bonds. The third-order valence-electron chi connectivity index (χ3n) is 9.89. The van der Waals surface area contributed by atoms with Crippen molar-refractivity contribution in [2.75, 3.05) is 56.2 Å². The fourth-order valence-corrected chi connectivity index (χ4v) is 7.57. The number of amides is 1. The van der Waals surface area contributed by atoms with E-state index in [4.69, 9.17) is 19.4 Å². The van der Waals surface area contributed by atoms with Gasteiger partial charge in [-0.05, 0) is 88.7 Å². The van der Waals surface area contributed by atoms with Gasteiger partial charge in [-0.2, -0.15) is 0 Å². The molecule has 2 aromatic rings. The number of carbonyl (C=O) groups is 1. The second-order valence-corrected chi connectivity index (χ2v) is 12.4. The number of aryl methyl sites for hydroxylation is 1. The number of nitrogens with zero attached hydrogens (tertiary/aromatic N) is 6. The molecule has 0 unspecified atom stereocenters. The number of aromatic nitrogens is 2. The maximum absolute atomic E-state index is 12.6. The van der Waals surface area contributed by atoms with E-state index in [1.54, 1.807) is 0 Å². The Bertz CT molecular complexity index is 1350. The number of likely N-dealkylation sites (N-methyl/N-ethyl adjacent to an activating group) is 1. The van der Waals surface area contributed by atoms with Gasteiger partial charge in [0, 0.05) is 43.5 Å². The third-order valence-corrected chi connectivity index (χ3v) is 9.89. The third kappa shape index (κ3) is 4.72. The van der Waals surface area contributed by atoms with Gasteiger partial charge in [-0.1, -0.05) is 6.58 Å². The summed E-state index contributed by atoms with van der Waals surface area (Å²) in [6.07, 6.45) is 11.4. The van der Waals surface area contributed by atoms with Crippen LogP contribution in [0, 0.1) is 0 Å². The number of hydrogen-bond acceptors (Lipinski definition) is 8. The van der Waals surface area contributed by atoms with E-state index < -0.39 is 0 Å².